The van der Waals surface area contributed by atoms with Crippen molar-refractivity contribution in [2.75, 3.05) is 5.32 Å². The number of amides is 1. The summed E-state index contributed by atoms with van der Waals surface area (Å²) in [6.45, 7) is 2.60. The van der Waals surface area contributed by atoms with Crippen molar-refractivity contribution < 1.29 is 9.21 Å². The first-order chi connectivity index (χ1) is 16.6. The highest BCUT2D eigenvalue weighted by atomic mass is 32.1. The van der Waals surface area contributed by atoms with Crippen LogP contribution in [0.15, 0.2) is 81.9 Å². The first-order valence-electron chi connectivity index (χ1n) is 11.0. The molecule has 170 valence electrons. The lowest BCUT2D eigenvalue weighted by Crippen LogP contribution is -2.16. The average Bonchev–Trinajstić information content (AvgIpc) is 3.60. The van der Waals surface area contributed by atoms with Crippen LogP contribution in [0, 0.1) is 6.92 Å². The number of anilines is 1. The number of aromatic nitrogens is 4. The van der Waals surface area contributed by atoms with Crippen LogP contribution in [0.5, 0.6) is 0 Å². The molecule has 34 heavy (non-hydrogen) atoms. The van der Waals surface area contributed by atoms with Gasteiger partial charge >= 0.3 is 0 Å². The monoisotopic (exact) mass is 469 g/mol. The quantitative estimate of drug-likeness (QED) is 0.320. The van der Waals surface area contributed by atoms with E-state index in [2.05, 4.69) is 34.6 Å². The highest BCUT2D eigenvalue weighted by Crippen LogP contribution is 2.24. The maximum absolute atomic E-state index is 12.8. The number of thiophene rings is 1. The predicted octanol–water partition coefficient (Wildman–Crippen LogP) is 5.59. The molecule has 8 heteroatoms. The summed E-state index contributed by atoms with van der Waals surface area (Å²) >= 11 is 1.57. The van der Waals surface area contributed by atoms with Gasteiger partial charge in [-0.3, -0.25) is 4.79 Å². The van der Waals surface area contributed by atoms with Gasteiger partial charge in [0.25, 0.3) is 0 Å². The van der Waals surface area contributed by atoms with Gasteiger partial charge in [-0.25, -0.2) is 4.68 Å². The number of nitrogens with one attached hydrogen (secondary N) is 1. The Balaban J connectivity index is 1.31. The Kier molecular flexibility index (Phi) is 6.31. The molecular weight excluding hydrogens is 446 g/mol. The molecule has 0 bridgehead atoms. The van der Waals surface area contributed by atoms with Gasteiger partial charge in [-0.1, -0.05) is 54.1 Å². The Bertz CT molecular complexity index is 1390. The summed E-state index contributed by atoms with van der Waals surface area (Å²) in [6.07, 6.45) is 0.585. The van der Waals surface area contributed by atoms with Gasteiger partial charge in [0.15, 0.2) is 0 Å². The van der Waals surface area contributed by atoms with Crippen LogP contribution in [0.1, 0.15) is 23.4 Å². The molecule has 0 saturated carbocycles. The Hall–Kier alpha value is -4.04. The largest absolute Gasteiger partial charge is 0.421 e. The van der Waals surface area contributed by atoms with Gasteiger partial charge in [0.1, 0.15) is 5.82 Å². The van der Waals surface area contributed by atoms with Crippen molar-refractivity contribution in [1.82, 2.24) is 20.0 Å². The molecule has 7 nitrogen and oxygen atoms in total. The second kappa shape index (κ2) is 9.84. The third-order valence-corrected chi connectivity index (χ3v) is 6.02. The van der Waals surface area contributed by atoms with E-state index in [4.69, 9.17) is 9.52 Å². The first-order valence-corrected chi connectivity index (χ1v) is 11.9. The fourth-order valence-electron chi connectivity index (χ4n) is 3.62. The maximum atomic E-state index is 12.8. The van der Waals surface area contributed by atoms with Crippen molar-refractivity contribution in [3.63, 3.8) is 0 Å². The lowest BCUT2D eigenvalue weighted by atomic mass is 10.1. The number of hydrogen-bond donors (Lipinski definition) is 1. The van der Waals surface area contributed by atoms with Crippen LogP contribution in [0.4, 0.5) is 5.82 Å². The molecule has 3 heterocycles. The number of carbonyl (C=O) groups excluding carboxylic acids is 1. The minimum atomic E-state index is -0.139. The fourth-order valence-corrected chi connectivity index (χ4v) is 4.25. The summed E-state index contributed by atoms with van der Waals surface area (Å²) in [7, 11) is 0. The zero-order chi connectivity index (χ0) is 23.3. The van der Waals surface area contributed by atoms with Crippen LogP contribution in [0.2, 0.25) is 0 Å². The average molecular weight is 470 g/mol. The minimum absolute atomic E-state index is 0.139. The normalized spacial score (nSPS) is 11.0. The summed E-state index contributed by atoms with van der Waals surface area (Å²) in [5, 5.41) is 19.8. The molecule has 5 aromatic rings. The van der Waals surface area contributed by atoms with Crippen molar-refractivity contribution in [1.29, 1.82) is 0 Å². The van der Waals surface area contributed by atoms with E-state index in [1.807, 2.05) is 70.0 Å². The minimum Gasteiger partial charge on any atom is -0.421 e. The van der Waals surface area contributed by atoms with E-state index < -0.39 is 0 Å². The SMILES string of the molecule is Cc1cccc(-c2cc(NC(=O)CCc3nnc(-c4ccsc4)o3)n(Cc3ccccc3)n2)c1. The van der Waals surface area contributed by atoms with Gasteiger partial charge < -0.3 is 9.73 Å². The third-order valence-electron chi connectivity index (χ3n) is 5.34. The zero-order valence-electron chi connectivity index (χ0n) is 18.6. The summed E-state index contributed by atoms with van der Waals surface area (Å²) < 4.78 is 7.52. The van der Waals surface area contributed by atoms with Gasteiger partial charge in [0.2, 0.25) is 17.7 Å². The summed E-state index contributed by atoms with van der Waals surface area (Å²) in [4.78, 5) is 12.8. The Morgan fingerprint density at radius 1 is 1.03 bits per heavy atom. The Morgan fingerprint density at radius 2 is 1.91 bits per heavy atom. The predicted molar refractivity (Wildman–Crippen MR) is 133 cm³/mol. The molecule has 0 atom stereocenters. The molecule has 0 radical (unpaired) electrons. The summed E-state index contributed by atoms with van der Waals surface area (Å²) in [6, 6.07) is 22.1. The maximum Gasteiger partial charge on any atom is 0.248 e. The van der Waals surface area contributed by atoms with Crippen molar-refractivity contribution in [3.05, 3.63) is 94.5 Å². The van der Waals surface area contributed by atoms with Crippen LogP contribution in [0.3, 0.4) is 0 Å². The van der Waals surface area contributed by atoms with Gasteiger partial charge in [0.05, 0.1) is 12.2 Å². The second-order valence-electron chi connectivity index (χ2n) is 7.99. The molecule has 2 aromatic carbocycles. The third kappa shape index (κ3) is 5.13. The lowest BCUT2D eigenvalue weighted by molar-refractivity contribution is -0.116. The van der Waals surface area contributed by atoms with E-state index in [0.29, 0.717) is 30.6 Å². The van der Waals surface area contributed by atoms with Crippen molar-refractivity contribution in [3.8, 4) is 22.7 Å². The molecule has 0 aliphatic heterocycles. The first kappa shape index (κ1) is 21.8. The van der Waals surface area contributed by atoms with Gasteiger partial charge in [-0.05, 0) is 30.0 Å². The molecule has 0 aliphatic rings. The molecule has 0 aliphatic carbocycles. The van der Waals surface area contributed by atoms with E-state index in [9.17, 15) is 4.79 Å². The molecule has 0 fully saturated rings. The van der Waals surface area contributed by atoms with Crippen LogP contribution >= 0.6 is 11.3 Å². The smallest absolute Gasteiger partial charge is 0.248 e. The molecule has 0 unspecified atom stereocenters. The number of nitrogens with zero attached hydrogens (tertiary/aromatic N) is 4. The molecular formula is C26H23N5O2S. The molecule has 0 spiro atoms. The topological polar surface area (TPSA) is 85.8 Å². The van der Waals surface area contributed by atoms with Crippen molar-refractivity contribution in [2.45, 2.75) is 26.3 Å². The fraction of sp³-hybridized carbons (Fsp3) is 0.154. The number of aryl methyl sites for hydroxylation is 2. The van der Waals surface area contributed by atoms with Gasteiger partial charge in [-0.2, -0.15) is 16.4 Å². The highest BCUT2D eigenvalue weighted by Gasteiger charge is 2.15. The summed E-state index contributed by atoms with van der Waals surface area (Å²) in [5.41, 5.74) is 4.97. The Labute approximate surface area is 201 Å². The molecule has 5 rings (SSSR count). The van der Waals surface area contributed by atoms with E-state index in [1.165, 1.54) is 0 Å². The van der Waals surface area contributed by atoms with E-state index in [0.717, 1.165) is 27.9 Å². The van der Waals surface area contributed by atoms with Crippen molar-refractivity contribution >= 4 is 23.1 Å². The Morgan fingerprint density at radius 3 is 2.71 bits per heavy atom. The zero-order valence-corrected chi connectivity index (χ0v) is 19.5. The van der Waals surface area contributed by atoms with E-state index in [-0.39, 0.29) is 12.3 Å². The number of rotatable bonds is 8. The lowest BCUT2D eigenvalue weighted by Gasteiger charge is -2.08. The standard InChI is InChI=1S/C26H23N5O2S/c1-18-6-5-9-20(14-18)22-15-23(31(30-22)16-19-7-3-2-4-8-19)27-24(32)10-11-25-28-29-26(33-25)21-12-13-34-17-21/h2-9,12-15,17H,10-11,16H2,1H3,(H,27,32). The molecule has 3 aromatic heterocycles. The van der Waals surface area contributed by atoms with Crippen LogP contribution in [-0.2, 0) is 17.8 Å². The molecule has 0 saturated heterocycles. The molecule has 1 amide bonds. The van der Waals surface area contributed by atoms with Gasteiger partial charge in [0, 0.05) is 35.4 Å². The van der Waals surface area contributed by atoms with Crippen molar-refractivity contribution in [2.24, 2.45) is 0 Å². The second-order valence-corrected chi connectivity index (χ2v) is 8.77. The number of benzene rings is 2. The van der Waals surface area contributed by atoms with Gasteiger partial charge in [-0.15, -0.1) is 10.2 Å². The number of hydrogen-bond acceptors (Lipinski definition) is 6. The van der Waals surface area contributed by atoms with E-state index >= 15 is 0 Å². The van der Waals surface area contributed by atoms with Crippen LogP contribution in [-0.4, -0.2) is 25.9 Å². The van der Waals surface area contributed by atoms with Crippen LogP contribution < -0.4 is 5.32 Å². The summed E-state index contributed by atoms with van der Waals surface area (Å²) in [5.74, 6) is 1.42. The highest BCUT2D eigenvalue weighted by molar-refractivity contribution is 7.08. The molecule has 1 N–H and O–H groups in total. The number of carbonyl (C=O) groups is 1. The van der Waals surface area contributed by atoms with E-state index in [1.54, 1.807) is 11.3 Å². The van der Waals surface area contributed by atoms with Crippen LogP contribution in [0.25, 0.3) is 22.7 Å².